The Morgan fingerprint density at radius 1 is 1.28 bits per heavy atom. The van der Waals surface area contributed by atoms with Gasteiger partial charge in [-0.05, 0) is 38.1 Å². The van der Waals surface area contributed by atoms with Gasteiger partial charge in [-0.1, -0.05) is 19.1 Å². The molecule has 0 saturated heterocycles. The molecule has 0 bridgehead atoms. The predicted octanol–water partition coefficient (Wildman–Crippen LogP) is 2.58. The Bertz CT molecular complexity index is 378. The second-order valence-corrected chi connectivity index (χ2v) is 5.64. The Labute approximate surface area is 114 Å². The van der Waals surface area contributed by atoms with Crippen LogP contribution in [0.25, 0.3) is 0 Å². The van der Waals surface area contributed by atoms with Crippen LogP contribution in [0.4, 0.5) is 0 Å². The Morgan fingerprint density at radius 3 is 2.39 bits per heavy atom. The van der Waals surface area contributed by atoms with Crippen LogP contribution < -0.4 is 10.6 Å². The molecule has 0 heterocycles. The molecular weight excluding hydrogens is 244 g/mol. The first kappa shape index (κ1) is 15.1. The summed E-state index contributed by atoms with van der Waals surface area (Å²) < 4.78 is 0. The van der Waals surface area contributed by atoms with E-state index in [4.69, 9.17) is 0 Å². The molecule has 2 N–H and O–H groups in total. The summed E-state index contributed by atoms with van der Waals surface area (Å²) in [5.41, 5.74) is 1.27. The van der Waals surface area contributed by atoms with Gasteiger partial charge in [0.2, 0.25) is 5.91 Å². The first-order chi connectivity index (χ1) is 8.58. The second-order valence-electron chi connectivity index (χ2n) is 4.22. The number of nitrogens with one attached hydrogen (secondary N) is 2. The summed E-state index contributed by atoms with van der Waals surface area (Å²) in [6, 6.07) is 8.75. The molecule has 2 unspecified atom stereocenters. The summed E-state index contributed by atoms with van der Waals surface area (Å²) in [4.78, 5) is 12.6. The molecule has 1 rings (SSSR count). The van der Waals surface area contributed by atoms with E-state index in [0.717, 1.165) is 11.4 Å². The fourth-order valence-electron chi connectivity index (χ4n) is 1.72. The van der Waals surface area contributed by atoms with Crippen LogP contribution in [0.3, 0.4) is 0 Å². The zero-order chi connectivity index (χ0) is 13.5. The lowest BCUT2D eigenvalue weighted by atomic mass is 10.1. The molecule has 0 fully saturated rings. The smallest absolute Gasteiger partial charge is 0.232 e. The van der Waals surface area contributed by atoms with E-state index in [0.29, 0.717) is 6.04 Å². The van der Waals surface area contributed by atoms with Gasteiger partial charge in [0.25, 0.3) is 0 Å². The lowest BCUT2D eigenvalue weighted by Gasteiger charge is -2.14. The third-order valence-corrected chi connectivity index (χ3v) is 3.93. The third kappa shape index (κ3) is 4.35. The average Bonchev–Trinajstić information content (AvgIpc) is 2.38. The topological polar surface area (TPSA) is 41.1 Å². The van der Waals surface area contributed by atoms with Crippen molar-refractivity contribution in [1.82, 2.24) is 10.6 Å². The number of carbonyl (C=O) groups is 1. The first-order valence-corrected chi connectivity index (χ1v) is 7.18. The van der Waals surface area contributed by atoms with E-state index in [1.165, 1.54) is 5.56 Å². The predicted molar refractivity (Wildman–Crippen MR) is 77.9 cm³/mol. The standard InChI is InChI=1S/C14H22N2OS/c1-5-16-10(2)12-6-8-13(9-7-12)18-11(3)14(17)15-4/h6-11,16H,5H2,1-4H3,(H,15,17). The maximum atomic E-state index is 11.4. The molecule has 2 atom stereocenters. The Morgan fingerprint density at radius 2 is 1.89 bits per heavy atom. The van der Waals surface area contributed by atoms with Gasteiger partial charge in [0, 0.05) is 18.0 Å². The molecule has 4 heteroatoms. The van der Waals surface area contributed by atoms with Crippen molar-refractivity contribution in [3.05, 3.63) is 29.8 Å². The minimum Gasteiger partial charge on any atom is -0.358 e. The van der Waals surface area contributed by atoms with E-state index in [9.17, 15) is 4.79 Å². The number of carbonyl (C=O) groups excluding carboxylic acids is 1. The van der Waals surface area contributed by atoms with Crippen molar-refractivity contribution in [2.45, 2.75) is 37.0 Å². The highest BCUT2D eigenvalue weighted by Crippen LogP contribution is 2.24. The molecule has 0 spiro atoms. The van der Waals surface area contributed by atoms with Crippen molar-refractivity contribution in [3.8, 4) is 0 Å². The molecule has 0 aliphatic heterocycles. The molecule has 1 aromatic rings. The van der Waals surface area contributed by atoms with Crippen LogP contribution in [0.2, 0.25) is 0 Å². The zero-order valence-electron chi connectivity index (χ0n) is 11.5. The minimum atomic E-state index is -0.0629. The number of rotatable bonds is 6. The number of hydrogen-bond acceptors (Lipinski definition) is 3. The van der Waals surface area contributed by atoms with Gasteiger partial charge in [0.1, 0.15) is 0 Å². The van der Waals surface area contributed by atoms with Crippen LogP contribution in [0.15, 0.2) is 29.2 Å². The zero-order valence-corrected chi connectivity index (χ0v) is 12.3. The van der Waals surface area contributed by atoms with E-state index in [1.807, 2.05) is 6.92 Å². The van der Waals surface area contributed by atoms with Crippen molar-refractivity contribution >= 4 is 17.7 Å². The van der Waals surface area contributed by atoms with E-state index in [1.54, 1.807) is 18.8 Å². The quantitative estimate of drug-likeness (QED) is 0.778. The fraction of sp³-hybridized carbons (Fsp3) is 0.500. The molecule has 0 saturated carbocycles. The molecule has 0 aliphatic carbocycles. The fourth-order valence-corrected chi connectivity index (χ4v) is 2.65. The lowest BCUT2D eigenvalue weighted by molar-refractivity contribution is -0.119. The number of hydrogen-bond donors (Lipinski definition) is 2. The average molecular weight is 266 g/mol. The van der Waals surface area contributed by atoms with Gasteiger partial charge in [0.15, 0.2) is 0 Å². The summed E-state index contributed by atoms with van der Waals surface area (Å²) >= 11 is 1.58. The van der Waals surface area contributed by atoms with Gasteiger partial charge < -0.3 is 10.6 Å². The summed E-state index contributed by atoms with van der Waals surface area (Å²) in [6.45, 7) is 7.13. The van der Waals surface area contributed by atoms with Crippen LogP contribution in [0.1, 0.15) is 32.4 Å². The van der Waals surface area contributed by atoms with Crippen LogP contribution in [-0.2, 0) is 4.79 Å². The van der Waals surface area contributed by atoms with Crippen LogP contribution in [0.5, 0.6) is 0 Å². The van der Waals surface area contributed by atoms with Crippen LogP contribution in [0, 0.1) is 0 Å². The Balaban J connectivity index is 2.63. The SMILES string of the molecule is CCNC(C)c1ccc(SC(C)C(=O)NC)cc1. The number of amides is 1. The Hall–Kier alpha value is -1.00. The monoisotopic (exact) mass is 266 g/mol. The molecule has 100 valence electrons. The molecule has 0 aliphatic rings. The van der Waals surface area contributed by atoms with Crippen LogP contribution >= 0.6 is 11.8 Å². The van der Waals surface area contributed by atoms with Gasteiger partial charge >= 0.3 is 0 Å². The maximum Gasteiger partial charge on any atom is 0.232 e. The molecule has 1 aromatic carbocycles. The normalized spacial score (nSPS) is 14.0. The highest BCUT2D eigenvalue weighted by molar-refractivity contribution is 8.00. The summed E-state index contributed by atoms with van der Waals surface area (Å²) in [5, 5.41) is 5.98. The second kappa shape index (κ2) is 7.44. The first-order valence-electron chi connectivity index (χ1n) is 6.30. The summed E-state index contributed by atoms with van der Waals surface area (Å²) in [5.74, 6) is 0.0603. The van der Waals surface area contributed by atoms with Gasteiger partial charge in [-0.3, -0.25) is 4.79 Å². The van der Waals surface area contributed by atoms with Gasteiger partial charge in [-0.25, -0.2) is 0 Å². The highest BCUT2D eigenvalue weighted by atomic mass is 32.2. The summed E-state index contributed by atoms with van der Waals surface area (Å²) in [6.07, 6.45) is 0. The molecule has 3 nitrogen and oxygen atoms in total. The van der Waals surface area contributed by atoms with E-state index < -0.39 is 0 Å². The van der Waals surface area contributed by atoms with Gasteiger partial charge in [-0.2, -0.15) is 0 Å². The third-order valence-electron chi connectivity index (χ3n) is 2.82. The molecule has 1 amide bonds. The molecule has 18 heavy (non-hydrogen) atoms. The van der Waals surface area contributed by atoms with E-state index in [-0.39, 0.29) is 11.2 Å². The maximum absolute atomic E-state index is 11.4. The highest BCUT2D eigenvalue weighted by Gasteiger charge is 2.12. The number of thioether (sulfide) groups is 1. The van der Waals surface area contributed by atoms with Gasteiger partial charge in [-0.15, -0.1) is 11.8 Å². The lowest BCUT2D eigenvalue weighted by Crippen LogP contribution is -2.27. The van der Waals surface area contributed by atoms with Crippen molar-refractivity contribution in [3.63, 3.8) is 0 Å². The molecular formula is C14H22N2OS. The minimum absolute atomic E-state index is 0.0603. The summed E-state index contributed by atoms with van der Waals surface area (Å²) in [7, 11) is 1.67. The van der Waals surface area contributed by atoms with E-state index >= 15 is 0 Å². The van der Waals surface area contributed by atoms with Crippen molar-refractivity contribution in [1.29, 1.82) is 0 Å². The van der Waals surface area contributed by atoms with Crippen LogP contribution in [-0.4, -0.2) is 24.7 Å². The molecule has 0 radical (unpaired) electrons. The van der Waals surface area contributed by atoms with Crippen molar-refractivity contribution < 1.29 is 4.79 Å². The number of benzene rings is 1. The van der Waals surface area contributed by atoms with Crippen molar-refractivity contribution in [2.75, 3.05) is 13.6 Å². The Kier molecular flexibility index (Phi) is 6.22. The molecule has 0 aromatic heterocycles. The van der Waals surface area contributed by atoms with E-state index in [2.05, 4.69) is 48.7 Å². The largest absolute Gasteiger partial charge is 0.358 e. The van der Waals surface area contributed by atoms with Crippen molar-refractivity contribution in [2.24, 2.45) is 0 Å². The van der Waals surface area contributed by atoms with Gasteiger partial charge in [0.05, 0.1) is 5.25 Å².